The van der Waals surface area contributed by atoms with Gasteiger partial charge in [-0.2, -0.15) is 13.2 Å². The number of hydrogen-bond donors (Lipinski definition) is 1. The molecule has 3 rings (SSSR count). The van der Waals surface area contributed by atoms with E-state index in [1.165, 1.54) is 12.1 Å². The molecule has 0 spiro atoms. The van der Waals surface area contributed by atoms with Crippen LogP contribution in [0, 0.1) is 5.92 Å². The first-order valence-electron chi connectivity index (χ1n) is 12.0. The van der Waals surface area contributed by atoms with Gasteiger partial charge in [-0.1, -0.05) is 19.1 Å². The molecular weight excluding hydrogens is 527 g/mol. The minimum absolute atomic E-state index is 0.0143. The molecule has 1 aliphatic rings. The first-order chi connectivity index (χ1) is 17.5. The molecule has 0 bridgehead atoms. The molecule has 208 valence electrons. The van der Waals surface area contributed by atoms with Crippen molar-refractivity contribution in [2.24, 2.45) is 5.92 Å². The molecule has 1 heterocycles. The van der Waals surface area contributed by atoms with E-state index in [1.54, 1.807) is 33.8 Å². The van der Waals surface area contributed by atoms with Crippen molar-refractivity contribution in [3.05, 3.63) is 53.6 Å². The quantitative estimate of drug-likeness (QED) is 0.453. The number of ether oxygens (including phenoxy) is 2. The van der Waals surface area contributed by atoms with E-state index < -0.39 is 56.2 Å². The maximum absolute atomic E-state index is 13.7. The Morgan fingerprint density at radius 2 is 1.84 bits per heavy atom. The lowest BCUT2D eigenvalue weighted by Crippen LogP contribution is -2.44. The number of nitrogens with zero attached hydrogens (tertiary/aromatic N) is 1. The van der Waals surface area contributed by atoms with Crippen molar-refractivity contribution in [3.8, 4) is 5.75 Å². The van der Waals surface area contributed by atoms with E-state index in [9.17, 15) is 36.3 Å². The Hall–Kier alpha value is -3.28. The van der Waals surface area contributed by atoms with Crippen molar-refractivity contribution in [3.63, 3.8) is 0 Å². The van der Waals surface area contributed by atoms with Gasteiger partial charge in [0.25, 0.3) is 10.0 Å². The molecule has 2 aromatic rings. The number of alkyl halides is 3. The predicted octanol–water partition coefficient (Wildman–Crippen LogP) is 5.05. The van der Waals surface area contributed by atoms with Gasteiger partial charge >= 0.3 is 18.1 Å². The molecule has 1 aliphatic heterocycles. The zero-order valence-corrected chi connectivity index (χ0v) is 22.2. The van der Waals surface area contributed by atoms with Crippen LogP contribution in [0.4, 0.5) is 18.9 Å². The highest BCUT2D eigenvalue weighted by Crippen LogP contribution is 2.40. The van der Waals surface area contributed by atoms with Gasteiger partial charge in [0.1, 0.15) is 17.5 Å². The summed E-state index contributed by atoms with van der Waals surface area (Å²) in [5, 5.41) is 9.47. The molecule has 1 N–H and O–H groups in total. The number of carbonyl (C=O) groups is 2. The topological polar surface area (TPSA) is 110 Å². The highest BCUT2D eigenvalue weighted by Gasteiger charge is 2.38. The van der Waals surface area contributed by atoms with Gasteiger partial charge < -0.3 is 14.6 Å². The maximum atomic E-state index is 13.7. The summed E-state index contributed by atoms with van der Waals surface area (Å²) >= 11 is 0. The van der Waals surface area contributed by atoms with Crippen LogP contribution in [0.15, 0.2) is 47.4 Å². The van der Waals surface area contributed by atoms with Gasteiger partial charge in [0.2, 0.25) is 0 Å². The second-order valence-corrected chi connectivity index (χ2v) is 11.9. The molecule has 0 unspecified atom stereocenters. The molecule has 2 atom stereocenters. The van der Waals surface area contributed by atoms with Crippen LogP contribution < -0.4 is 9.04 Å². The summed E-state index contributed by atoms with van der Waals surface area (Å²) in [5.74, 6) is -2.33. The van der Waals surface area contributed by atoms with Gasteiger partial charge in [-0.3, -0.25) is 13.9 Å². The standard InChI is InChI=1S/C26H30F3NO7S/c1-5-17(24(32)33)13-19-15-30(38(34,35)20-8-6-7-18(14-20)26(27,28)29)21-11-16(9-10-22(21)36-19)12-23(31)37-25(2,3)4/h6-11,14,17,19H,5,12-13,15H2,1-4H3,(H,32,33)/t17-,19+/m1/s1. The van der Waals surface area contributed by atoms with Crippen molar-refractivity contribution < 1.29 is 45.8 Å². The highest BCUT2D eigenvalue weighted by atomic mass is 32.2. The summed E-state index contributed by atoms with van der Waals surface area (Å²) in [6, 6.07) is 7.81. The SMILES string of the molecule is CC[C@H](C[C@H]1CN(S(=O)(=O)c2cccc(C(F)(F)F)c2)c2cc(CC(=O)OC(C)(C)C)ccc2O1)C(=O)O. The lowest BCUT2D eigenvalue weighted by Gasteiger charge is -2.36. The van der Waals surface area contributed by atoms with Gasteiger partial charge in [-0.15, -0.1) is 0 Å². The average Bonchev–Trinajstić information content (AvgIpc) is 2.80. The van der Waals surface area contributed by atoms with Crippen LogP contribution >= 0.6 is 0 Å². The van der Waals surface area contributed by atoms with Crippen LogP contribution in [0.1, 0.15) is 51.7 Å². The molecule has 0 fully saturated rings. The monoisotopic (exact) mass is 557 g/mol. The molecule has 2 aromatic carbocycles. The number of fused-ring (bicyclic) bond motifs is 1. The fraction of sp³-hybridized carbons (Fsp3) is 0.462. The van der Waals surface area contributed by atoms with Gasteiger partial charge in [0.15, 0.2) is 0 Å². The maximum Gasteiger partial charge on any atom is 0.416 e. The fourth-order valence-corrected chi connectivity index (χ4v) is 5.63. The van der Waals surface area contributed by atoms with Crippen LogP contribution in [-0.2, 0) is 36.9 Å². The van der Waals surface area contributed by atoms with E-state index in [-0.39, 0.29) is 37.2 Å². The molecular formula is C26H30F3NO7S. The highest BCUT2D eigenvalue weighted by molar-refractivity contribution is 7.92. The number of benzene rings is 2. The van der Waals surface area contributed by atoms with E-state index in [4.69, 9.17) is 9.47 Å². The van der Waals surface area contributed by atoms with Gasteiger partial charge in [0.05, 0.1) is 35.0 Å². The minimum Gasteiger partial charge on any atom is -0.486 e. The van der Waals surface area contributed by atoms with Crippen LogP contribution in [0.3, 0.4) is 0 Å². The van der Waals surface area contributed by atoms with Crippen molar-refractivity contribution in [1.82, 2.24) is 0 Å². The number of carbonyl (C=O) groups excluding carboxylic acids is 1. The van der Waals surface area contributed by atoms with Crippen LogP contribution in [0.5, 0.6) is 5.75 Å². The zero-order chi connectivity index (χ0) is 28.5. The van der Waals surface area contributed by atoms with Gasteiger partial charge in [-0.25, -0.2) is 8.42 Å². The average molecular weight is 558 g/mol. The summed E-state index contributed by atoms with van der Waals surface area (Å²) < 4.78 is 79.5. The normalized spacial score (nSPS) is 16.8. The molecule has 0 amide bonds. The van der Waals surface area contributed by atoms with Crippen LogP contribution in [0.25, 0.3) is 0 Å². The zero-order valence-electron chi connectivity index (χ0n) is 21.4. The molecule has 0 radical (unpaired) electrons. The second-order valence-electron chi connectivity index (χ2n) is 10.0. The van der Waals surface area contributed by atoms with Crippen molar-refractivity contribution in [1.29, 1.82) is 0 Å². The number of sulfonamides is 1. The van der Waals surface area contributed by atoms with Crippen molar-refractivity contribution in [2.75, 3.05) is 10.8 Å². The predicted molar refractivity (Wildman–Crippen MR) is 132 cm³/mol. The Bertz CT molecular complexity index is 1300. The third-order valence-corrected chi connectivity index (χ3v) is 7.64. The number of rotatable bonds is 8. The van der Waals surface area contributed by atoms with E-state index in [0.717, 1.165) is 22.5 Å². The number of anilines is 1. The summed E-state index contributed by atoms with van der Waals surface area (Å²) in [5.41, 5.74) is -1.43. The number of carboxylic acid groups (broad SMARTS) is 1. The Balaban J connectivity index is 2.05. The minimum atomic E-state index is -4.76. The lowest BCUT2D eigenvalue weighted by atomic mass is 9.98. The van der Waals surface area contributed by atoms with E-state index in [1.807, 2.05) is 0 Å². The first kappa shape index (κ1) is 29.3. The largest absolute Gasteiger partial charge is 0.486 e. The van der Waals surface area contributed by atoms with Crippen molar-refractivity contribution in [2.45, 2.75) is 69.7 Å². The molecule has 12 heteroatoms. The van der Waals surface area contributed by atoms with Crippen molar-refractivity contribution >= 4 is 27.6 Å². The summed E-state index contributed by atoms with van der Waals surface area (Å²) in [6.45, 7) is 6.46. The Labute approximate surface area is 219 Å². The Morgan fingerprint density at radius 3 is 2.42 bits per heavy atom. The lowest BCUT2D eigenvalue weighted by molar-refractivity contribution is -0.154. The summed E-state index contributed by atoms with van der Waals surface area (Å²) in [6.07, 6.45) is -5.55. The fourth-order valence-electron chi connectivity index (χ4n) is 4.08. The third-order valence-electron chi connectivity index (χ3n) is 5.86. The Morgan fingerprint density at radius 1 is 1.16 bits per heavy atom. The first-order valence-corrected chi connectivity index (χ1v) is 13.4. The molecule has 8 nitrogen and oxygen atoms in total. The van der Waals surface area contributed by atoms with E-state index in [0.29, 0.717) is 11.6 Å². The van der Waals surface area contributed by atoms with Gasteiger partial charge in [-0.05, 0) is 69.5 Å². The molecule has 0 saturated heterocycles. The number of halogens is 3. The summed E-state index contributed by atoms with van der Waals surface area (Å²) in [4.78, 5) is 23.4. The number of esters is 1. The van der Waals surface area contributed by atoms with Crippen LogP contribution in [0.2, 0.25) is 0 Å². The number of carboxylic acids is 1. The molecule has 38 heavy (non-hydrogen) atoms. The molecule has 0 saturated carbocycles. The number of hydrogen-bond acceptors (Lipinski definition) is 6. The Kier molecular flexibility index (Phi) is 8.35. The molecule has 0 aliphatic carbocycles. The third kappa shape index (κ3) is 6.97. The van der Waals surface area contributed by atoms with Crippen LogP contribution in [-0.4, -0.2) is 43.7 Å². The van der Waals surface area contributed by atoms with E-state index >= 15 is 0 Å². The second kappa shape index (κ2) is 10.8. The van der Waals surface area contributed by atoms with E-state index in [2.05, 4.69) is 0 Å². The molecule has 0 aromatic heterocycles. The summed E-state index contributed by atoms with van der Waals surface area (Å²) in [7, 11) is -4.54. The number of aliphatic carboxylic acids is 1. The smallest absolute Gasteiger partial charge is 0.416 e. The van der Waals surface area contributed by atoms with Gasteiger partial charge in [0, 0.05) is 0 Å².